The molecule has 1 aliphatic rings. The van der Waals surface area contributed by atoms with Crippen molar-refractivity contribution in [2.45, 2.75) is 77.0 Å². The van der Waals surface area contributed by atoms with Gasteiger partial charge in [0.05, 0.1) is 23.2 Å². The van der Waals surface area contributed by atoms with Crippen LogP contribution in [0.2, 0.25) is 0 Å². The molecular formula is C41H52FN5O6. The summed E-state index contributed by atoms with van der Waals surface area (Å²) in [5.74, 6) is -0.0990. The number of aryl methyl sites for hydroxylation is 1. The van der Waals surface area contributed by atoms with Crippen LogP contribution in [0.4, 0.5) is 9.18 Å². The van der Waals surface area contributed by atoms with Crippen LogP contribution in [-0.2, 0) is 32.0 Å². The molecule has 0 spiro atoms. The minimum Gasteiger partial charge on any atom is -0.444 e. The van der Waals surface area contributed by atoms with Crippen LogP contribution in [0.25, 0.3) is 22.2 Å². The van der Waals surface area contributed by atoms with Crippen molar-refractivity contribution in [3.63, 3.8) is 0 Å². The van der Waals surface area contributed by atoms with E-state index in [2.05, 4.69) is 21.3 Å². The number of methoxy groups -OCH3 is 2. The number of carbonyl (C=O) groups is 3. The van der Waals surface area contributed by atoms with Gasteiger partial charge in [-0.25, -0.2) is 14.2 Å². The van der Waals surface area contributed by atoms with Crippen molar-refractivity contribution in [3.8, 4) is 11.1 Å². The minimum atomic E-state index is -0.704. The predicted molar refractivity (Wildman–Crippen MR) is 202 cm³/mol. The van der Waals surface area contributed by atoms with Crippen LogP contribution in [0, 0.1) is 5.82 Å². The molecule has 0 aliphatic carbocycles. The van der Waals surface area contributed by atoms with Gasteiger partial charge in [-0.1, -0.05) is 42.5 Å². The highest BCUT2D eigenvalue weighted by atomic mass is 19.1. The molecule has 0 radical (unpaired) electrons. The molecule has 3 amide bonds. The Hall–Kier alpha value is -4.81. The molecule has 1 saturated heterocycles. The fourth-order valence-corrected chi connectivity index (χ4v) is 6.77. The number of likely N-dealkylation sites (tertiary alicyclic amines) is 1. The first-order chi connectivity index (χ1) is 25.5. The van der Waals surface area contributed by atoms with Crippen LogP contribution in [0.1, 0.15) is 74.1 Å². The van der Waals surface area contributed by atoms with Crippen molar-refractivity contribution >= 4 is 28.9 Å². The number of fused-ring (bicyclic) bond motifs is 1. The van der Waals surface area contributed by atoms with Gasteiger partial charge in [-0.05, 0) is 87.4 Å². The zero-order valence-corrected chi connectivity index (χ0v) is 31.5. The topological polar surface area (TPSA) is 124 Å². The number of imidazole rings is 1. The molecule has 284 valence electrons. The second-order valence-electron chi connectivity index (χ2n) is 14.5. The summed E-state index contributed by atoms with van der Waals surface area (Å²) in [6.07, 6.45) is 2.52. The number of hydrogen-bond donors (Lipinski definition) is 2. The second kappa shape index (κ2) is 18.3. The standard InChI is InChI=1S/C41H52FN5O6/c1-41(2,3)53-40(50)44-32(24-28-13-15-29(16-14-28)30-17-18-33(34(42)25-30)39(49)43-19-23-52-5)26-37(48)46-20-8-10-31(27-46)38-45-35-11-6-7-12-36(35)47(38)21-9-22-51-4/h6-7,11-18,25,31-32H,8-10,19-24,26-27H2,1-5H3,(H,43,49)(H,44,50)/t31-,32-/m1/s1. The van der Waals surface area contributed by atoms with Crippen molar-refractivity contribution < 1.29 is 33.0 Å². The fraction of sp³-hybridized carbons (Fsp3) is 0.463. The lowest BCUT2D eigenvalue weighted by molar-refractivity contribution is -0.133. The molecule has 2 atom stereocenters. The van der Waals surface area contributed by atoms with Crippen molar-refractivity contribution in [1.29, 1.82) is 0 Å². The van der Waals surface area contributed by atoms with Gasteiger partial charge in [0.2, 0.25) is 5.91 Å². The Labute approximate surface area is 311 Å². The zero-order valence-electron chi connectivity index (χ0n) is 31.5. The molecule has 0 bridgehead atoms. The Kier molecular flexibility index (Phi) is 13.6. The number of para-hydroxylation sites is 2. The van der Waals surface area contributed by atoms with Crippen LogP contribution in [0.15, 0.2) is 66.7 Å². The third kappa shape index (κ3) is 10.9. The van der Waals surface area contributed by atoms with Gasteiger partial charge in [0.25, 0.3) is 5.91 Å². The summed E-state index contributed by atoms with van der Waals surface area (Å²) in [4.78, 5) is 46.2. The van der Waals surface area contributed by atoms with Crippen molar-refractivity contribution in [2.24, 2.45) is 0 Å². The molecule has 2 N–H and O–H groups in total. The van der Waals surface area contributed by atoms with Crippen LogP contribution in [-0.4, -0.2) is 91.1 Å². The fourth-order valence-electron chi connectivity index (χ4n) is 6.77. The maximum absolute atomic E-state index is 14.9. The molecule has 12 heteroatoms. The Morgan fingerprint density at radius 3 is 2.43 bits per heavy atom. The number of halogens is 1. The zero-order chi connectivity index (χ0) is 38.0. The Morgan fingerprint density at radius 2 is 1.72 bits per heavy atom. The number of nitrogens with zero attached hydrogens (tertiary/aromatic N) is 3. The summed E-state index contributed by atoms with van der Waals surface area (Å²) in [5, 5.41) is 5.58. The van der Waals surface area contributed by atoms with E-state index in [0.717, 1.165) is 53.8 Å². The summed E-state index contributed by atoms with van der Waals surface area (Å²) >= 11 is 0. The third-order valence-corrected chi connectivity index (χ3v) is 9.27. The van der Waals surface area contributed by atoms with Crippen LogP contribution in [0.3, 0.4) is 0 Å². The molecule has 0 unspecified atom stereocenters. The van der Waals surface area contributed by atoms with Gasteiger partial charge in [-0.15, -0.1) is 0 Å². The number of nitrogens with one attached hydrogen (secondary N) is 2. The number of alkyl carbamates (subject to hydrolysis) is 1. The Bertz CT molecular complexity index is 1850. The predicted octanol–water partition coefficient (Wildman–Crippen LogP) is 6.49. The van der Waals surface area contributed by atoms with Gasteiger partial charge in [0, 0.05) is 65.4 Å². The van der Waals surface area contributed by atoms with E-state index in [9.17, 15) is 18.8 Å². The molecule has 3 aromatic carbocycles. The molecule has 1 fully saturated rings. The SMILES string of the molecule is COCCCn1c([C@@H]2CCCN(C(=O)C[C@@H](Cc3ccc(-c4ccc(C(=O)NCCOC)c(F)c4)cc3)NC(=O)OC(C)(C)C)C2)nc2ccccc21. The monoisotopic (exact) mass is 729 g/mol. The smallest absolute Gasteiger partial charge is 0.407 e. The average molecular weight is 730 g/mol. The molecule has 11 nitrogen and oxygen atoms in total. The number of carbonyl (C=O) groups excluding carboxylic acids is 3. The highest BCUT2D eigenvalue weighted by molar-refractivity contribution is 5.95. The quantitative estimate of drug-likeness (QED) is 0.134. The number of rotatable bonds is 15. The Balaban J connectivity index is 1.29. The number of piperidine rings is 1. The first-order valence-corrected chi connectivity index (χ1v) is 18.3. The van der Waals surface area contributed by atoms with Crippen molar-refractivity contribution in [1.82, 2.24) is 25.1 Å². The highest BCUT2D eigenvalue weighted by Gasteiger charge is 2.31. The summed E-state index contributed by atoms with van der Waals surface area (Å²) in [7, 11) is 3.23. The largest absolute Gasteiger partial charge is 0.444 e. The van der Waals surface area contributed by atoms with Gasteiger partial charge in [-0.2, -0.15) is 0 Å². The number of amides is 3. The van der Waals surface area contributed by atoms with E-state index in [-0.39, 0.29) is 30.4 Å². The third-order valence-electron chi connectivity index (χ3n) is 9.27. The average Bonchev–Trinajstić information content (AvgIpc) is 3.49. The first kappa shape index (κ1) is 39.4. The van der Waals surface area contributed by atoms with E-state index >= 15 is 0 Å². The molecule has 53 heavy (non-hydrogen) atoms. The normalized spacial score (nSPS) is 15.3. The molecule has 1 aromatic heterocycles. The molecule has 2 heterocycles. The van der Waals surface area contributed by atoms with Crippen LogP contribution >= 0.6 is 0 Å². The van der Waals surface area contributed by atoms with E-state index in [1.807, 2.05) is 47.4 Å². The van der Waals surface area contributed by atoms with Gasteiger partial charge in [-0.3, -0.25) is 9.59 Å². The number of benzene rings is 3. The maximum Gasteiger partial charge on any atom is 0.407 e. The molecule has 5 rings (SSSR count). The lowest BCUT2D eigenvalue weighted by Crippen LogP contribution is -2.46. The molecule has 1 aliphatic heterocycles. The van der Waals surface area contributed by atoms with Gasteiger partial charge in [0.15, 0.2) is 0 Å². The van der Waals surface area contributed by atoms with Crippen LogP contribution < -0.4 is 10.6 Å². The molecule has 4 aromatic rings. The second-order valence-corrected chi connectivity index (χ2v) is 14.5. The maximum atomic E-state index is 14.9. The lowest BCUT2D eigenvalue weighted by atomic mass is 9.95. The van der Waals surface area contributed by atoms with E-state index in [0.29, 0.717) is 38.3 Å². The Morgan fingerprint density at radius 1 is 0.981 bits per heavy atom. The summed E-state index contributed by atoms with van der Waals surface area (Å²) in [6, 6.07) is 19.6. The number of hydrogen-bond acceptors (Lipinski definition) is 7. The van der Waals surface area contributed by atoms with Gasteiger partial charge in [0.1, 0.15) is 17.2 Å². The van der Waals surface area contributed by atoms with Crippen molar-refractivity contribution in [2.75, 3.05) is 47.1 Å². The van der Waals surface area contributed by atoms with E-state index in [1.165, 1.54) is 19.2 Å². The lowest BCUT2D eigenvalue weighted by Gasteiger charge is -2.34. The molecular weight excluding hydrogens is 677 g/mol. The molecule has 0 saturated carbocycles. The van der Waals surface area contributed by atoms with Crippen molar-refractivity contribution in [3.05, 3.63) is 89.5 Å². The summed E-state index contributed by atoms with van der Waals surface area (Å²) < 4.78 is 33.0. The number of ether oxygens (including phenoxy) is 3. The van der Waals surface area contributed by atoms with E-state index in [4.69, 9.17) is 19.2 Å². The summed E-state index contributed by atoms with van der Waals surface area (Å²) in [6.45, 7) is 8.62. The van der Waals surface area contributed by atoms with E-state index in [1.54, 1.807) is 33.9 Å². The first-order valence-electron chi connectivity index (χ1n) is 18.3. The summed E-state index contributed by atoms with van der Waals surface area (Å²) in [5.41, 5.74) is 3.55. The van der Waals surface area contributed by atoms with Crippen LogP contribution in [0.5, 0.6) is 0 Å². The van der Waals surface area contributed by atoms with E-state index < -0.39 is 29.5 Å². The van der Waals surface area contributed by atoms with Gasteiger partial charge < -0.3 is 34.3 Å². The van der Waals surface area contributed by atoms with Gasteiger partial charge >= 0.3 is 6.09 Å². The highest BCUT2D eigenvalue weighted by Crippen LogP contribution is 2.30. The number of aromatic nitrogens is 2. The minimum absolute atomic E-state index is 0.0389.